The van der Waals surface area contributed by atoms with Gasteiger partial charge in [-0.1, -0.05) is 44.7 Å². The van der Waals surface area contributed by atoms with Crippen LogP contribution < -0.4 is 0 Å². The normalized spacial score (nSPS) is 10.7. The molecular weight excluding hydrogens is 292 g/mol. The molecule has 0 unspecified atom stereocenters. The van der Waals surface area contributed by atoms with Crippen molar-refractivity contribution in [3.8, 4) is 0 Å². The average Bonchev–Trinajstić information content (AvgIpc) is 2.56. The first kappa shape index (κ1) is 17.0. The minimum absolute atomic E-state index is 0.236. The predicted molar refractivity (Wildman–Crippen MR) is 89.9 cm³/mol. The van der Waals surface area contributed by atoms with Gasteiger partial charge >= 0.3 is 11.9 Å². The molecule has 2 rings (SSSR count). The zero-order chi connectivity index (χ0) is 16.7. The van der Waals surface area contributed by atoms with E-state index in [4.69, 9.17) is 9.84 Å². The molecule has 0 aliphatic rings. The fourth-order valence-corrected chi connectivity index (χ4v) is 2.46. The zero-order valence-corrected chi connectivity index (χ0v) is 13.4. The molecule has 0 bridgehead atoms. The molecule has 0 aliphatic carbocycles. The second-order valence-electron chi connectivity index (χ2n) is 5.63. The van der Waals surface area contributed by atoms with Crippen LogP contribution in [-0.2, 0) is 4.74 Å². The van der Waals surface area contributed by atoms with Gasteiger partial charge in [0.05, 0.1) is 17.7 Å². The molecule has 0 amide bonds. The molecule has 122 valence electrons. The van der Waals surface area contributed by atoms with Gasteiger partial charge in [0.15, 0.2) is 0 Å². The van der Waals surface area contributed by atoms with Crippen LogP contribution in [0.4, 0.5) is 0 Å². The Kier molecular flexibility index (Phi) is 6.15. The fraction of sp³-hybridized carbons (Fsp3) is 0.368. The maximum Gasteiger partial charge on any atom is 0.338 e. The molecule has 0 saturated heterocycles. The third kappa shape index (κ3) is 4.81. The first-order chi connectivity index (χ1) is 11.1. The van der Waals surface area contributed by atoms with E-state index in [1.165, 1.54) is 25.3 Å². The van der Waals surface area contributed by atoms with Gasteiger partial charge in [-0.15, -0.1) is 0 Å². The van der Waals surface area contributed by atoms with Crippen molar-refractivity contribution in [1.82, 2.24) is 0 Å². The number of carboxylic acids is 1. The molecule has 4 nitrogen and oxygen atoms in total. The Hall–Kier alpha value is -2.36. The maximum absolute atomic E-state index is 12.0. The molecule has 0 fully saturated rings. The van der Waals surface area contributed by atoms with Gasteiger partial charge in [0.2, 0.25) is 0 Å². The third-order valence-corrected chi connectivity index (χ3v) is 3.80. The monoisotopic (exact) mass is 314 g/mol. The number of carbonyl (C=O) groups is 2. The molecule has 0 spiro atoms. The summed E-state index contributed by atoms with van der Waals surface area (Å²) in [6, 6.07) is 10.0. The van der Waals surface area contributed by atoms with Gasteiger partial charge in [-0.3, -0.25) is 0 Å². The second kappa shape index (κ2) is 8.32. The van der Waals surface area contributed by atoms with Crippen LogP contribution in [0.2, 0.25) is 0 Å². The van der Waals surface area contributed by atoms with E-state index in [0.29, 0.717) is 12.2 Å². The molecule has 0 aromatic heterocycles. The number of fused-ring (bicyclic) bond motifs is 1. The predicted octanol–water partition coefficient (Wildman–Crippen LogP) is 4.67. The highest BCUT2D eigenvalue weighted by atomic mass is 16.5. The van der Waals surface area contributed by atoms with E-state index in [-0.39, 0.29) is 11.5 Å². The lowest BCUT2D eigenvalue weighted by Gasteiger charge is -2.06. The molecule has 0 heterocycles. The number of rotatable bonds is 8. The molecule has 0 saturated carbocycles. The average molecular weight is 314 g/mol. The van der Waals surface area contributed by atoms with Crippen molar-refractivity contribution in [1.29, 1.82) is 0 Å². The van der Waals surface area contributed by atoms with Crippen LogP contribution in [0.25, 0.3) is 10.8 Å². The van der Waals surface area contributed by atoms with E-state index in [0.717, 1.165) is 23.6 Å². The van der Waals surface area contributed by atoms with Crippen LogP contribution in [0.5, 0.6) is 0 Å². The lowest BCUT2D eigenvalue weighted by molar-refractivity contribution is 0.0497. The fourth-order valence-electron chi connectivity index (χ4n) is 2.46. The second-order valence-corrected chi connectivity index (χ2v) is 5.63. The SMILES string of the molecule is CCCCCCCOC(=O)c1ccc2cc(C(=O)O)ccc2c1. The molecule has 2 aromatic carbocycles. The van der Waals surface area contributed by atoms with Crippen molar-refractivity contribution < 1.29 is 19.4 Å². The zero-order valence-electron chi connectivity index (χ0n) is 13.4. The minimum Gasteiger partial charge on any atom is -0.478 e. The number of benzene rings is 2. The third-order valence-electron chi connectivity index (χ3n) is 3.80. The summed E-state index contributed by atoms with van der Waals surface area (Å²) in [5.74, 6) is -1.29. The van der Waals surface area contributed by atoms with Crippen LogP contribution in [0.3, 0.4) is 0 Å². The molecule has 0 radical (unpaired) electrons. The number of hydrogen-bond donors (Lipinski definition) is 1. The summed E-state index contributed by atoms with van der Waals surface area (Å²) >= 11 is 0. The first-order valence-electron chi connectivity index (χ1n) is 8.06. The van der Waals surface area contributed by atoms with Crippen LogP contribution >= 0.6 is 0 Å². The van der Waals surface area contributed by atoms with Crippen LogP contribution in [0, 0.1) is 0 Å². The quantitative estimate of drug-likeness (QED) is 0.568. The summed E-state index contributed by atoms with van der Waals surface area (Å²) in [5, 5.41) is 10.6. The van der Waals surface area contributed by atoms with Crippen molar-refractivity contribution >= 4 is 22.7 Å². The van der Waals surface area contributed by atoms with E-state index < -0.39 is 5.97 Å². The summed E-state index contributed by atoms with van der Waals surface area (Å²) < 4.78 is 5.29. The smallest absolute Gasteiger partial charge is 0.338 e. The van der Waals surface area contributed by atoms with Crippen LogP contribution in [0.15, 0.2) is 36.4 Å². The van der Waals surface area contributed by atoms with Crippen molar-refractivity contribution in [3.63, 3.8) is 0 Å². The number of esters is 1. The Morgan fingerprint density at radius 2 is 1.52 bits per heavy atom. The summed E-state index contributed by atoms with van der Waals surface area (Å²) in [5.41, 5.74) is 0.731. The standard InChI is InChI=1S/C19H22O4/c1-2-3-4-5-6-11-23-19(22)17-10-8-14-12-16(18(20)21)9-7-15(14)13-17/h7-10,12-13H,2-6,11H2,1H3,(H,20,21). The number of aromatic carboxylic acids is 1. The summed E-state index contributed by atoms with van der Waals surface area (Å²) in [6.45, 7) is 2.61. The van der Waals surface area contributed by atoms with Gasteiger partial charge in [-0.25, -0.2) is 9.59 Å². The maximum atomic E-state index is 12.0. The number of hydrogen-bond acceptors (Lipinski definition) is 3. The van der Waals surface area contributed by atoms with Crippen LogP contribution in [-0.4, -0.2) is 23.7 Å². The minimum atomic E-state index is -0.960. The molecule has 0 atom stereocenters. The van der Waals surface area contributed by atoms with Crippen molar-refractivity contribution in [2.45, 2.75) is 39.0 Å². The van der Waals surface area contributed by atoms with E-state index >= 15 is 0 Å². The molecule has 4 heteroatoms. The summed E-state index contributed by atoms with van der Waals surface area (Å²) in [6.07, 6.45) is 5.56. The van der Waals surface area contributed by atoms with Crippen molar-refractivity contribution in [2.75, 3.05) is 6.61 Å². The Morgan fingerprint density at radius 3 is 2.17 bits per heavy atom. The Bertz CT molecular complexity index is 691. The number of unbranched alkanes of at least 4 members (excludes halogenated alkanes) is 4. The molecule has 23 heavy (non-hydrogen) atoms. The molecular formula is C19H22O4. The number of carbonyl (C=O) groups excluding carboxylic acids is 1. The molecule has 1 N–H and O–H groups in total. The lowest BCUT2D eigenvalue weighted by Crippen LogP contribution is -2.06. The van der Waals surface area contributed by atoms with Crippen LogP contribution in [0.1, 0.15) is 59.7 Å². The van der Waals surface area contributed by atoms with Gasteiger partial charge in [0, 0.05) is 0 Å². The van der Waals surface area contributed by atoms with Gasteiger partial charge < -0.3 is 9.84 Å². The van der Waals surface area contributed by atoms with Gasteiger partial charge in [-0.05, 0) is 41.5 Å². The van der Waals surface area contributed by atoms with Crippen molar-refractivity contribution in [2.24, 2.45) is 0 Å². The van der Waals surface area contributed by atoms with Gasteiger partial charge in [-0.2, -0.15) is 0 Å². The van der Waals surface area contributed by atoms with Crippen molar-refractivity contribution in [3.05, 3.63) is 47.5 Å². The largest absolute Gasteiger partial charge is 0.478 e. The highest BCUT2D eigenvalue weighted by Gasteiger charge is 2.09. The Labute approximate surface area is 136 Å². The summed E-state index contributed by atoms with van der Waals surface area (Å²) in [7, 11) is 0. The highest BCUT2D eigenvalue weighted by Crippen LogP contribution is 2.19. The van der Waals surface area contributed by atoms with E-state index in [9.17, 15) is 9.59 Å². The summed E-state index contributed by atoms with van der Waals surface area (Å²) in [4.78, 5) is 23.0. The highest BCUT2D eigenvalue weighted by molar-refractivity contribution is 5.98. The first-order valence-corrected chi connectivity index (χ1v) is 8.06. The topological polar surface area (TPSA) is 63.6 Å². The Balaban J connectivity index is 1.96. The number of carboxylic acid groups (broad SMARTS) is 1. The van der Waals surface area contributed by atoms with E-state index in [1.54, 1.807) is 30.3 Å². The van der Waals surface area contributed by atoms with Gasteiger partial charge in [0.1, 0.15) is 0 Å². The molecule has 2 aromatic rings. The van der Waals surface area contributed by atoms with E-state index in [2.05, 4.69) is 6.92 Å². The van der Waals surface area contributed by atoms with Gasteiger partial charge in [0.25, 0.3) is 0 Å². The lowest BCUT2D eigenvalue weighted by atomic mass is 10.0. The molecule has 0 aliphatic heterocycles. The number of ether oxygens (including phenoxy) is 1. The van der Waals surface area contributed by atoms with E-state index in [1.807, 2.05) is 0 Å². The Morgan fingerprint density at radius 1 is 0.913 bits per heavy atom.